The molecular weight excluding hydrogens is 607 g/mol. The molecule has 1 heterocycles. The van der Waals surface area contributed by atoms with Crippen molar-refractivity contribution in [3.63, 3.8) is 0 Å². The number of fused-ring (bicyclic) bond motifs is 3. The van der Waals surface area contributed by atoms with Crippen molar-refractivity contribution in [1.29, 1.82) is 0 Å². The van der Waals surface area contributed by atoms with Gasteiger partial charge < -0.3 is 0 Å². The Balaban J connectivity index is 1.73. The molecule has 8 rings (SSSR count). The molecule has 0 fully saturated rings. The van der Waals surface area contributed by atoms with Crippen molar-refractivity contribution < 1.29 is 0 Å². The van der Waals surface area contributed by atoms with Crippen LogP contribution < -0.4 is 21.5 Å². The maximum absolute atomic E-state index is 15.3. The predicted molar refractivity (Wildman–Crippen MR) is 211 cm³/mol. The van der Waals surface area contributed by atoms with E-state index >= 15 is 9.59 Å². The summed E-state index contributed by atoms with van der Waals surface area (Å²) < 4.78 is 1.57. The lowest BCUT2D eigenvalue weighted by molar-refractivity contribution is 0.560. The first-order valence-electron chi connectivity index (χ1n) is 17.0. The van der Waals surface area contributed by atoms with Gasteiger partial charge in [-0.15, -0.1) is 0 Å². The third-order valence-corrected chi connectivity index (χ3v) is 14.8. The molecule has 0 unspecified atom stereocenters. The van der Waals surface area contributed by atoms with E-state index in [-0.39, 0.29) is 21.9 Å². The van der Waals surface area contributed by atoms with E-state index in [4.69, 9.17) is 0 Å². The normalized spacial score (nSPS) is 14.1. The first-order chi connectivity index (χ1) is 21.7. The van der Waals surface area contributed by atoms with Crippen LogP contribution >= 0.6 is 0 Å². The molecule has 47 heavy (non-hydrogen) atoms. The van der Waals surface area contributed by atoms with Crippen LogP contribution in [0.2, 0.25) is 39.3 Å². The summed E-state index contributed by atoms with van der Waals surface area (Å²) in [5.74, 6) is 0. The van der Waals surface area contributed by atoms with E-state index in [0.717, 1.165) is 38.4 Å². The minimum atomic E-state index is -1.88. The average Bonchev–Trinajstić information content (AvgIpc) is 3.45. The summed E-state index contributed by atoms with van der Waals surface area (Å²) in [6.45, 7) is 27.4. The van der Waals surface area contributed by atoms with Gasteiger partial charge in [-0.2, -0.15) is 0 Å². The molecule has 0 saturated carbocycles. The van der Waals surface area contributed by atoms with Gasteiger partial charge in [-0.1, -0.05) is 146 Å². The zero-order chi connectivity index (χ0) is 33.9. The number of nitrogens with zero attached hydrogens (tertiary/aromatic N) is 1. The van der Waals surface area contributed by atoms with Crippen LogP contribution in [-0.4, -0.2) is 20.7 Å². The van der Waals surface area contributed by atoms with Crippen molar-refractivity contribution >= 4 is 91.2 Å². The van der Waals surface area contributed by atoms with E-state index in [9.17, 15) is 0 Å². The third-order valence-electron chi connectivity index (χ3n) is 10.7. The van der Waals surface area contributed by atoms with Crippen molar-refractivity contribution in [3.8, 4) is 5.69 Å². The highest BCUT2D eigenvalue weighted by molar-refractivity contribution is 6.91. The van der Waals surface area contributed by atoms with Gasteiger partial charge in [-0.05, 0) is 75.8 Å². The van der Waals surface area contributed by atoms with E-state index in [1.807, 2.05) is 0 Å². The fourth-order valence-electron chi connectivity index (χ4n) is 8.63. The van der Waals surface area contributed by atoms with E-state index in [1.54, 1.807) is 4.57 Å². The standard InChI is InChI=1S/C42H45NO2Si2/c1-41(2,3)27-14-13-15-28(42(4,5)6)38(27)43-39(44)36-25-20-29(46(7,8)9)23-18-16-22-17-19-24-30(47(10,11)12)21-26(37(36)40(43)45)35-33(24)31(22)32(23)34(25)35/h13-21H,1-12H3. The summed E-state index contributed by atoms with van der Waals surface area (Å²) in [6.07, 6.45) is 0. The molecule has 0 bridgehead atoms. The molecule has 1 aromatic heterocycles. The Labute approximate surface area is 278 Å². The Bertz CT molecular complexity index is 2510. The van der Waals surface area contributed by atoms with Crippen LogP contribution in [0, 0.1) is 0 Å². The molecule has 0 saturated heterocycles. The van der Waals surface area contributed by atoms with Crippen LogP contribution in [-0.2, 0) is 10.8 Å². The van der Waals surface area contributed by atoms with Crippen molar-refractivity contribution in [2.45, 2.75) is 91.7 Å². The molecule has 5 heteroatoms. The maximum atomic E-state index is 15.3. The van der Waals surface area contributed by atoms with Gasteiger partial charge in [0.2, 0.25) is 0 Å². The second-order valence-electron chi connectivity index (χ2n) is 18.2. The van der Waals surface area contributed by atoms with Gasteiger partial charge in [0.15, 0.2) is 0 Å². The lowest BCUT2D eigenvalue weighted by atomic mass is 9.78. The van der Waals surface area contributed by atoms with Gasteiger partial charge in [0.25, 0.3) is 11.1 Å². The Morgan fingerprint density at radius 3 is 1.23 bits per heavy atom. The fourth-order valence-corrected chi connectivity index (χ4v) is 11.8. The van der Waals surface area contributed by atoms with E-state index in [0.29, 0.717) is 10.8 Å². The number of hydrogen-bond donors (Lipinski definition) is 0. The fraction of sp³-hybridized carbons (Fsp3) is 0.333. The Kier molecular flexibility index (Phi) is 5.84. The van der Waals surface area contributed by atoms with Crippen molar-refractivity contribution in [2.24, 2.45) is 0 Å². The molecule has 0 aliphatic heterocycles. The summed E-state index contributed by atoms with van der Waals surface area (Å²) >= 11 is 0. The largest absolute Gasteiger partial charge is 0.268 e. The molecule has 0 spiro atoms. The zero-order valence-electron chi connectivity index (χ0n) is 30.0. The highest BCUT2D eigenvalue weighted by Gasteiger charge is 2.35. The molecule has 3 nitrogen and oxygen atoms in total. The minimum Gasteiger partial charge on any atom is -0.268 e. The summed E-state index contributed by atoms with van der Waals surface area (Å²) in [5.41, 5.74) is 1.88. The summed E-state index contributed by atoms with van der Waals surface area (Å²) in [5, 5.41) is 15.8. The van der Waals surface area contributed by atoms with Crippen LogP contribution in [0.5, 0.6) is 0 Å². The second kappa shape index (κ2) is 9.00. The zero-order valence-corrected chi connectivity index (χ0v) is 32.0. The smallest absolute Gasteiger partial charge is 0.266 e. The highest BCUT2D eigenvalue weighted by Crippen LogP contribution is 2.50. The minimum absolute atomic E-state index is 0.187. The molecule has 0 aliphatic carbocycles. The van der Waals surface area contributed by atoms with E-state index in [2.05, 4.69) is 135 Å². The average molecular weight is 652 g/mol. The lowest BCUT2D eigenvalue weighted by Gasteiger charge is -2.29. The molecule has 0 atom stereocenters. The first kappa shape index (κ1) is 30.5. The lowest BCUT2D eigenvalue weighted by Crippen LogP contribution is -2.38. The van der Waals surface area contributed by atoms with E-state index < -0.39 is 16.1 Å². The second-order valence-corrected chi connectivity index (χ2v) is 28.2. The third kappa shape index (κ3) is 3.90. The molecule has 7 aromatic carbocycles. The van der Waals surface area contributed by atoms with Crippen molar-refractivity contribution in [3.05, 3.63) is 86.4 Å². The van der Waals surface area contributed by atoms with Gasteiger partial charge in [-0.25, -0.2) is 4.57 Å². The van der Waals surface area contributed by atoms with Crippen LogP contribution in [0.15, 0.2) is 64.2 Å². The predicted octanol–water partition coefficient (Wildman–Crippen LogP) is 9.55. The maximum Gasteiger partial charge on any atom is 0.266 e. The van der Waals surface area contributed by atoms with Gasteiger partial charge >= 0.3 is 0 Å². The molecular formula is C42H45NO2Si2. The van der Waals surface area contributed by atoms with Gasteiger partial charge in [0, 0.05) is 0 Å². The van der Waals surface area contributed by atoms with Gasteiger partial charge in [-0.3, -0.25) is 9.59 Å². The van der Waals surface area contributed by atoms with Crippen LogP contribution in [0.1, 0.15) is 52.7 Å². The number of aromatic nitrogens is 1. The highest BCUT2D eigenvalue weighted by atomic mass is 28.3. The molecule has 0 N–H and O–H groups in total. The number of benzene rings is 6. The van der Waals surface area contributed by atoms with Crippen LogP contribution in [0.4, 0.5) is 0 Å². The summed E-state index contributed by atoms with van der Waals surface area (Å²) in [4.78, 5) is 30.6. The molecule has 0 amide bonds. The number of rotatable bonds is 3. The number of para-hydroxylation sites is 1. The summed E-state index contributed by atoms with van der Waals surface area (Å²) in [6, 6.07) is 20.1. The topological polar surface area (TPSA) is 39.1 Å². The Hall–Kier alpha value is -3.81. The first-order valence-corrected chi connectivity index (χ1v) is 24.0. The van der Waals surface area contributed by atoms with Gasteiger partial charge in [0.05, 0.1) is 32.6 Å². The van der Waals surface area contributed by atoms with E-state index in [1.165, 1.54) is 42.7 Å². The van der Waals surface area contributed by atoms with Crippen LogP contribution in [0.25, 0.3) is 70.3 Å². The quantitative estimate of drug-likeness (QED) is 0.141. The Morgan fingerprint density at radius 2 is 0.872 bits per heavy atom. The number of hydrogen-bond acceptors (Lipinski definition) is 2. The van der Waals surface area contributed by atoms with Crippen molar-refractivity contribution in [2.75, 3.05) is 0 Å². The Morgan fingerprint density at radius 1 is 0.489 bits per heavy atom. The molecule has 8 aromatic rings. The summed E-state index contributed by atoms with van der Waals surface area (Å²) in [7, 11) is -3.75. The monoisotopic (exact) mass is 651 g/mol. The van der Waals surface area contributed by atoms with Crippen LogP contribution in [0.3, 0.4) is 0 Å². The SMILES string of the molecule is CC(C)(C)c1cccc(C(C)(C)C)c1-n1c(=O)c2c3cc([Si](C)(C)C)c4ccc5ccc6c([Si](C)(C)C)cc(c2c1=O)c1c6c5c4c31. The van der Waals surface area contributed by atoms with Crippen molar-refractivity contribution in [1.82, 2.24) is 4.57 Å². The molecule has 0 radical (unpaired) electrons. The molecule has 238 valence electrons. The van der Waals surface area contributed by atoms with Gasteiger partial charge in [0.1, 0.15) is 0 Å². The molecule has 0 aliphatic rings.